The van der Waals surface area contributed by atoms with Crippen molar-refractivity contribution in [3.05, 3.63) is 23.8 Å². The van der Waals surface area contributed by atoms with E-state index in [1.165, 1.54) is 44.9 Å². The van der Waals surface area contributed by atoms with E-state index in [0.29, 0.717) is 17.9 Å². The van der Waals surface area contributed by atoms with Gasteiger partial charge in [0.2, 0.25) is 0 Å². The molecule has 0 bridgehead atoms. The number of urea groups is 1. The fourth-order valence-electron chi connectivity index (χ4n) is 5.15. The summed E-state index contributed by atoms with van der Waals surface area (Å²) in [7, 11) is -3.23. The Balaban J connectivity index is 1.35. The number of rotatable bonds is 4. The predicted octanol–water partition coefficient (Wildman–Crippen LogP) is 3.21. The van der Waals surface area contributed by atoms with Gasteiger partial charge in [0.25, 0.3) is 0 Å². The van der Waals surface area contributed by atoms with Crippen molar-refractivity contribution < 1.29 is 13.2 Å². The number of nitrogens with one attached hydrogen (secondary N) is 1. The van der Waals surface area contributed by atoms with Gasteiger partial charge in [0.15, 0.2) is 9.84 Å². The van der Waals surface area contributed by atoms with Crippen LogP contribution in [0.2, 0.25) is 0 Å². The molecule has 160 valence electrons. The molecule has 1 N–H and O–H groups in total. The third kappa shape index (κ3) is 4.94. The lowest BCUT2D eigenvalue weighted by Gasteiger charge is -2.36. The van der Waals surface area contributed by atoms with Crippen molar-refractivity contribution in [2.24, 2.45) is 5.92 Å². The Morgan fingerprint density at radius 2 is 1.90 bits per heavy atom. The lowest BCUT2D eigenvalue weighted by atomic mass is 9.88. The minimum absolute atomic E-state index is 0.0552. The van der Waals surface area contributed by atoms with Crippen LogP contribution in [-0.2, 0) is 16.3 Å². The number of nitrogens with zero attached hydrogens (tertiary/aromatic N) is 2. The number of anilines is 1. The van der Waals surface area contributed by atoms with Crippen LogP contribution < -0.4 is 10.2 Å². The summed E-state index contributed by atoms with van der Waals surface area (Å²) < 4.78 is 23.6. The average Bonchev–Trinajstić information content (AvgIpc) is 3.12. The van der Waals surface area contributed by atoms with E-state index in [0.717, 1.165) is 43.1 Å². The van der Waals surface area contributed by atoms with E-state index in [1.54, 1.807) is 23.1 Å². The third-order valence-electron chi connectivity index (χ3n) is 6.69. The Kier molecular flexibility index (Phi) is 6.16. The van der Waals surface area contributed by atoms with Crippen LogP contribution in [0.3, 0.4) is 0 Å². The highest BCUT2D eigenvalue weighted by molar-refractivity contribution is 7.90. The summed E-state index contributed by atoms with van der Waals surface area (Å²) in [5, 5.41) is 3.24. The maximum atomic E-state index is 12.9. The standard InChI is InChI=1S/C22H33N3O3S/c1-29(27,28)20-9-10-21-18(14-20)11-13-25(21)22(26)23-19-8-5-12-24(16-19)15-17-6-3-2-4-7-17/h9-10,14,17,19H,2-8,11-13,15-16H2,1H3,(H,23,26). The van der Waals surface area contributed by atoms with Crippen LogP contribution in [0.1, 0.15) is 50.5 Å². The van der Waals surface area contributed by atoms with Gasteiger partial charge in [-0.15, -0.1) is 0 Å². The number of carbonyl (C=O) groups excluding carboxylic acids is 1. The van der Waals surface area contributed by atoms with Crippen LogP contribution >= 0.6 is 0 Å². The van der Waals surface area contributed by atoms with Gasteiger partial charge in [-0.3, -0.25) is 4.90 Å². The molecule has 2 fully saturated rings. The van der Waals surface area contributed by atoms with Crippen molar-refractivity contribution in [3.63, 3.8) is 0 Å². The molecule has 7 heteroatoms. The van der Waals surface area contributed by atoms with E-state index in [-0.39, 0.29) is 12.1 Å². The van der Waals surface area contributed by atoms with Gasteiger partial charge in [0, 0.05) is 37.6 Å². The number of carbonyl (C=O) groups is 1. The van der Waals surface area contributed by atoms with E-state index < -0.39 is 9.84 Å². The van der Waals surface area contributed by atoms with Gasteiger partial charge >= 0.3 is 6.03 Å². The molecule has 1 aromatic rings. The van der Waals surface area contributed by atoms with Crippen LogP contribution in [-0.4, -0.2) is 57.8 Å². The molecule has 3 aliphatic rings. The van der Waals surface area contributed by atoms with Crippen molar-refractivity contribution in [3.8, 4) is 0 Å². The number of sulfone groups is 1. The molecule has 4 rings (SSSR count). The van der Waals surface area contributed by atoms with Gasteiger partial charge in [-0.05, 0) is 68.3 Å². The summed E-state index contributed by atoms with van der Waals surface area (Å²) in [4.78, 5) is 17.6. The summed E-state index contributed by atoms with van der Waals surface area (Å²) in [6.07, 6.45) is 10.9. The van der Waals surface area contributed by atoms with Gasteiger partial charge in [-0.1, -0.05) is 19.3 Å². The molecule has 0 radical (unpaired) electrons. The van der Waals surface area contributed by atoms with Crippen LogP contribution in [0, 0.1) is 5.92 Å². The smallest absolute Gasteiger partial charge is 0.322 e. The molecule has 2 aliphatic heterocycles. The topological polar surface area (TPSA) is 69.7 Å². The quantitative estimate of drug-likeness (QED) is 0.814. The van der Waals surface area contributed by atoms with E-state index in [1.807, 2.05) is 0 Å². The minimum Gasteiger partial charge on any atom is -0.334 e. The Labute approximate surface area is 174 Å². The Bertz CT molecular complexity index is 849. The average molecular weight is 420 g/mol. The van der Waals surface area contributed by atoms with E-state index in [2.05, 4.69) is 10.2 Å². The highest BCUT2D eigenvalue weighted by Crippen LogP contribution is 2.30. The second kappa shape index (κ2) is 8.64. The molecule has 1 saturated heterocycles. The number of fused-ring (bicyclic) bond motifs is 1. The first-order chi connectivity index (χ1) is 13.9. The maximum Gasteiger partial charge on any atom is 0.322 e. The number of hydrogen-bond donors (Lipinski definition) is 1. The van der Waals surface area contributed by atoms with Crippen LogP contribution in [0.5, 0.6) is 0 Å². The molecule has 29 heavy (non-hydrogen) atoms. The Hall–Kier alpha value is -1.60. The molecule has 1 atom stereocenters. The second-order valence-electron chi connectivity index (χ2n) is 9.02. The van der Waals surface area contributed by atoms with Gasteiger partial charge < -0.3 is 10.2 Å². The van der Waals surface area contributed by atoms with Crippen LogP contribution in [0.15, 0.2) is 23.1 Å². The SMILES string of the molecule is CS(=O)(=O)c1ccc2c(c1)CCN2C(=O)NC1CCCN(CC2CCCCC2)C1. The van der Waals surface area contributed by atoms with Gasteiger partial charge in [0.1, 0.15) is 0 Å². The first-order valence-electron chi connectivity index (χ1n) is 11.0. The molecule has 6 nitrogen and oxygen atoms in total. The predicted molar refractivity (Wildman–Crippen MR) is 115 cm³/mol. The summed E-state index contributed by atoms with van der Waals surface area (Å²) in [5.41, 5.74) is 1.77. The molecule has 1 aliphatic carbocycles. The van der Waals surface area contributed by atoms with Gasteiger partial charge in [0.05, 0.1) is 4.90 Å². The molecular formula is C22H33N3O3S. The third-order valence-corrected chi connectivity index (χ3v) is 7.80. The zero-order valence-corrected chi connectivity index (χ0v) is 18.2. The zero-order chi connectivity index (χ0) is 20.4. The molecular weight excluding hydrogens is 386 g/mol. The van der Waals surface area contributed by atoms with Crippen LogP contribution in [0.25, 0.3) is 0 Å². The number of hydrogen-bond acceptors (Lipinski definition) is 4. The van der Waals surface area contributed by atoms with Crippen molar-refractivity contribution in [1.29, 1.82) is 0 Å². The molecule has 0 aromatic heterocycles. The zero-order valence-electron chi connectivity index (χ0n) is 17.4. The fraction of sp³-hybridized carbons (Fsp3) is 0.682. The van der Waals surface area contributed by atoms with Crippen molar-refractivity contribution >= 4 is 21.6 Å². The lowest BCUT2D eigenvalue weighted by molar-refractivity contribution is 0.151. The van der Waals surface area contributed by atoms with Crippen LogP contribution in [0.4, 0.5) is 10.5 Å². The Morgan fingerprint density at radius 3 is 2.66 bits per heavy atom. The molecule has 1 aromatic carbocycles. The van der Waals surface area contributed by atoms with E-state index in [9.17, 15) is 13.2 Å². The number of benzene rings is 1. The highest BCUT2D eigenvalue weighted by Gasteiger charge is 2.29. The molecule has 1 saturated carbocycles. The van der Waals surface area contributed by atoms with Crippen molar-refractivity contribution in [1.82, 2.24) is 10.2 Å². The summed E-state index contributed by atoms with van der Waals surface area (Å²) >= 11 is 0. The summed E-state index contributed by atoms with van der Waals surface area (Å²) in [6, 6.07) is 5.23. The minimum atomic E-state index is -3.23. The number of likely N-dealkylation sites (tertiary alicyclic amines) is 1. The maximum absolute atomic E-state index is 12.9. The second-order valence-corrected chi connectivity index (χ2v) is 11.0. The first-order valence-corrected chi connectivity index (χ1v) is 12.9. The van der Waals surface area contributed by atoms with E-state index in [4.69, 9.17) is 0 Å². The summed E-state index contributed by atoms with van der Waals surface area (Å²) in [6.45, 7) is 3.86. The monoisotopic (exact) mass is 419 g/mol. The highest BCUT2D eigenvalue weighted by atomic mass is 32.2. The number of amides is 2. The molecule has 2 amide bonds. The number of piperidine rings is 1. The van der Waals surface area contributed by atoms with Crippen molar-refractivity contribution in [2.45, 2.75) is 62.3 Å². The normalized spacial score (nSPS) is 23.8. The van der Waals surface area contributed by atoms with Crippen molar-refractivity contribution in [2.75, 3.05) is 37.3 Å². The molecule has 1 unspecified atom stereocenters. The van der Waals surface area contributed by atoms with E-state index >= 15 is 0 Å². The first kappa shape index (κ1) is 20.7. The Morgan fingerprint density at radius 1 is 1.10 bits per heavy atom. The summed E-state index contributed by atoms with van der Waals surface area (Å²) in [5.74, 6) is 0.827. The molecule has 2 heterocycles. The fourth-order valence-corrected chi connectivity index (χ4v) is 5.82. The van der Waals surface area contributed by atoms with Gasteiger partial charge in [-0.25, -0.2) is 13.2 Å². The largest absolute Gasteiger partial charge is 0.334 e. The lowest BCUT2D eigenvalue weighted by Crippen LogP contribution is -2.52. The molecule has 0 spiro atoms. The van der Waals surface area contributed by atoms with Gasteiger partial charge in [-0.2, -0.15) is 0 Å².